The minimum Gasteiger partial charge on any atom is -0.496 e. The molecule has 0 aromatic heterocycles. The second-order valence-corrected chi connectivity index (χ2v) is 7.94. The van der Waals surface area contributed by atoms with E-state index in [1.807, 2.05) is 0 Å². The minimum atomic E-state index is -3.89. The van der Waals surface area contributed by atoms with Crippen LogP contribution in [0.5, 0.6) is 5.75 Å². The van der Waals surface area contributed by atoms with E-state index in [0.717, 1.165) is 0 Å². The maximum atomic E-state index is 12.5. The predicted molar refractivity (Wildman–Crippen MR) is 107 cm³/mol. The van der Waals surface area contributed by atoms with Gasteiger partial charge < -0.3 is 15.4 Å². The Morgan fingerprint density at radius 3 is 2.25 bits per heavy atom. The molecule has 0 heterocycles. The summed E-state index contributed by atoms with van der Waals surface area (Å²) in [7, 11) is -2.39. The Bertz CT molecular complexity index is 989. The molecule has 2 rings (SSSR count). The molecule has 3 N–H and O–H groups in total. The maximum Gasteiger partial charge on any atom is 0.242 e. The molecule has 8 nitrogen and oxygen atoms in total. The molecular weight excluding hydrogens is 382 g/mol. The Morgan fingerprint density at radius 2 is 1.68 bits per heavy atom. The number of carbonyl (C=O) groups excluding carboxylic acids is 2. The van der Waals surface area contributed by atoms with Crippen molar-refractivity contribution in [2.24, 2.45) is 0 Å². The molecule has 9 heteroatoms. The molecule has 0 fully saturated rings. The summed E-state index contributed by atoms with van der Waals surface area (Å²) < 4.78 is 32.6. The van der Waals surface area contributed by atoms with Crippen LogP contribution in [-0.4, -0.2) is 33.4 Å². The fourth-order valence-electron chi connectivity index (χ4n) is 2.50. The molecule has 0 aliphatic rings. The highest BCUT2D eigenvalue weighted by molar-refractivity contribution is 7.89. The molecule has 2 aromatic carbocycles. The molecule has 1 atom stereocenters. The number of ether oxygens (including phenoxy) is 1. The minimum absolute atomic E-state index is 0.0399. The van der Waals surface area contributed by atoms with Crippen molar-refractivity contribution in [3.63, 3.8) is 0 Å². The first-order chi connectivity index (χ1) is 13.1. The van der Waals surface area contributed by atoms with E-state index in [1.165, 1.54) is 33.1 Å². The van der Waals surface area contributed by atoms with Crippen LogP contribution in [0.15, 0.2) is 47.4 Å². The molecule has 2 aromatic rings. The van der Waals surface area contributed by atoms with Gasteiger partial charge >= 0.3 is 0 Å². The summed E-state index contributed by atoms with van der Waals surface area (Å²) in [6, 6.07) is 9.98. The first-order valence-electron chi connectivity index (χ1n) is 8.48. The first-order valence-corrected chi connectivity index (χ1v) is 9.96. The Balaban J connectivity index is 2.09. The molecule has 0 aliphatic carbocycles. The third-order valence-corrected chi connectivity index (χ3v) is 5.39. The maximum absolute atomic E-state index is 12.5. The van der Waals surface area contributed by atoms with E-state index in [4.69, 9.17) is 4.74 Å². The fraction of sp³-hybridized carbons (Fsp3) is 0.263. The number of hydrogen-bond donors (Lipinski definition) is 3. The third kappa shape index (κ3) is 5.54. The van der Waals surface area contributed by atoms with E-state index in [9.17, 15) is 18.0 Å². The van der Waals surface area contributed by atoms with E-state index in [-0.39, 0.29) is 10.8 Å². The van der Waals surface area contributed by atoms with Crippen molar-refractivity contribution in [1.29, 1.82) is 0 Å². The number of methoxy groups -OCH3 is 1. The summed E-state index contributed by atoms with van der Waals surface area (Å²) in [4.78, 5) is 23.5. The number of aryl methyl sites for hydroxylation is 1. The lowest BCUT2D eigenvalue weighted by molar-refractivity contribution is -0.117. The number of amides is 2. The van der Waals surface area contributed by atoms with Gasteiger partial charge in [0.2, 0.25) is 21.8 Å². The third-order valence-electron chi connectivity index (χ3n) is 3.85. The molecule has 28 heavy (non-hydrogen) atoms. The molecule has 150 valence electrons. The smallest absolute Gasteiger partial charge is 0.242 e. The van der Waals surface area contributed by atoms with Gasteiger partial charge in [0, 0.05) is 18.3 Å². The van der Waals surface area contributed by atoms with Crippen LogP contribution in [0.2, 0.25) is 0 Å². The molecule has 0 radical (unpaired) electrons. The number of benzene rings is 2. The summed E-state index contributed by atoms with van der Waals surface area (Å²) in [6.45, 7) is 4.56. The molecule has 0 aliphatic heterocycles. The zero-order chi connectivity index (χ0) is 20.9. The lowest BCUT2D eigenvalue weighted by Gasteiger charge is -2.16. The highest BCUT2D eigenvalue weighted by atomic mass is 32.2. The molecule has 0 spiro atoms. The quantitative estimate of drug-likeness (QED) is 0.654. The van der Waals surface area contributed by atoms with Gasteiger partial charge in [0.15, 0.2) is 0 Å². The lowest BCUT2D eigenvalue weighted by Crippen LogP contribution is -2.41. The topological polar surface area (TPSA) is 114 Å². The van der Waals surface area contributed by atoms with Crippen molar-refractivity contribution in [3.8, 4) is 5.75 Å². The van der Waals surface area contributed by atoms with Crippen LogP contribution in [0.1, 0.15) is 19.4 Å². The van der Waals surface area contributed by atoms with Gasteiger partial charge in [-0.15, -0.1) is 0 Å². The van der Waals surface area contributed by atoms with Crippen molar-refractivity contribution < 1.29 is 22.7 Å². The van der Waals surface area contributed by atoms with Crippen LogP contribution < -0.4 is 20.1 Å². The van der Waals surface area contributed by atoms with E-state index >= 15 is 0 Å². The molecule has 0 bridgehead atoms. The van der Waals surface area contributed by atoms with Gasteiger partial charge in [0.25, 0.3) is 0 Å². The zero-order valence-electron chi connectivity index (χ0n) is 16.1. The second kappa shape index (κ2) is 8.85. The summed E-state index contributed by atoms with van der Waals surface area (Å²) >= 11 is 0. The van der Waals surface area contributed by atoms with Crippen LogP contribution in [-0.2, 0) is 19.6 Å². The van der Waals surface area contributed by atoms with Gasteiger partial charge in [-0.3, -0.25) is 9.59 Å². The van der Waals surface area contributed by atoms with Gasteiger partial charge in [-0.25, -0.2) is 8.42 Å². The number of anilines is 2. The second-order valence-electron chi connectivity index (χ2n) is 6.23. The Labute approximate surface area is 164 Å². The Kier molecular flexibility index (Phi) is 6.76. The van der Waals surface area contributed by atoms with Crippen LogP contribution in [0, 0.1) is 6.92 Å². The SMILES string of the molecule is COc1ccc(S(=O)(=O)N[C@H](C)C(=O)Nc2cccc(NC(C)=O)c2)cc1C. The van der Waals surface area contributed by atoms with Gasteiger partial charge in [0.1, 0.15) is 5.75 Å². The summed E-state index contributed by atoms with van der Waals surface area (Å²) in [5, 5.41) is 5.23. The van der Waals surface area contributed by atoms with Gasteiger partial charge in [-0.05, 0) is 55.8 Å². The van der Waals surface area contributed by atoms with E-state index in [2.05, 4.69) is 15.4 Å². The van der Waals surface area contributed by atoms with Crippen LogP contribution in [0.4, 0.5) is 11.4 Å². The van der Waals surface area contributed by atoms with Gasteiger partial charge in [-0.2, -0.15) is 4.72 Å². The first kappa shape index (κ1) is 21.4. The van der Waals surface area contributed by atoms with Crippen molar-refractivity contribution in [2.75, 3.05) is 17.7 Å². The number of carbonyl (C=O) groups is 2. The molecule has 0 saturated carbocycles. The van der Waals surface area contributed by atoms with Gasteiger partial charge in [0.05, 0.1) is 18.0 Å². The zero-order valence-corrected chi connectivity index (χ0v) is 16.9. The lowest BCUT2D eigenvalue weighted by atomic mass is 10.2. The fourth-order valence-corrected chi connectivity index (χ4v) is 3.79. The number of rotatable bonds is 7. The molecular formula is C19H23N3O5S. The van der Waals surface area contributed by atoms with E-state index in [0.29, 0.717) is 22.7 Å². The van der Waals surface area contributed by atoms with Crippen molar-refractivity contribution in [2.45, 2.75) is 31.7 Å². The van der Waals surface area contributed by atoms with Crippen molar-refractivity contribution >= 4 is 33.2 Å². The van der Waals surface area contributed by atoms with E-state index < -0.39 is 22.0 Å². The monoisotopic (exact) mass is 405 g/mol. The highest BCUT2D eigenvalue weighted by Gasteiger charge is 2.23. The number of hydrogen-bond acceptors (Lipinski definition) is 5. The van der Waals surface area contributed by atoms with Crippen molar-refractivity contribution in [3.05, 3.63) is 48.0 Å². The Morgan fingerprint density at radius 1 is 1.04 bits per heavy atom. The molecule has 2 amide bonds. The largest absolute Gasteiger partial charge is 0.496 e. The molecule has 0 unspecified atom stereocenters. The van der Waals surface area contributed by atoms with Crippen molar-refractivity contribution in [1.82, 2.24) is 4.72 Å². The number of sulfonamides is 1. The van der Waals surface area contributed by atoms with Crippen LogP contribution >= 0.6 is 0 Å². The van der Waals surface area contributed by atoms with Gasteiger partial charge in [-0.1, -0.05) is 6.07 Å². The summed E-state index contributed by atoms with van der Waals surface area (Å²) in [6.07, 6.45) is 0. The molecule has 0 saturated heterocycles. The van der Waals surface area contributed by atoms with Crippen LogP contribution in [0.3, 0.4) is 0 Å². The van der Waals surface area contributed by atoms with E-state index in [1.54, 1.807) is 37.3 Å². The standard InChI is InChI=1S/C19H23N3O5S/c1-12-10-17(8-9-18(12)27-4)28(25,26)22-13(2)19(24)21-16-7-5-6-15(11-16)20-14(3)23/h5-11,13,22H,1-4H3,(H,20,23)(H,21,24)/t13-/m1/s1. The van der Waals surface area contributed by atoms with Crippen LogP contribution in [0.25, 0.3) is 0 Å². The average Bonchev–Trinajstić information content (AvgIpc) is 2.61. The highest BCUT2D eigenvalue weighted by Crippen LogP contribution is 2.21. The normalized spacial score (nSPS) is 12.1. The summed E-state index contributed by atoms with van der Waals surface area (Å²) in [5.74, 6) is -0.197. The average molecular weight is 405 g/mol. The predicted octanol–water partition coefficient (Wildman–Crippen LogP) is 2.27. The Hall–Kier alpha value is -2.91. The summed E-state index contributed by atoms with van der Waals surface area (Å²) in [5.41, 5.74) is 1.62. The number of nitrogens with one attached hydrogen (secondary N) is 3.